The van der Waals surface area contributed by atoms with Gasteiger partial charge in [-0.05, 0) is 37.8 Å². The highest BCUT2D eigenvalue weighted by Gasteiger charge is 2.35. The van der Waals surface area contributed by atoms with Crippen molar-refractivity contribution in [3.8, 4) is 0 Å². The van der Waals surface area contributed by atoms with Gasteiger partial charge in [0.1, 0.15) is 0 Å². The lowest BCUT2D eigenvalue weighted by Crippen LogP contribution is -2.44. The predicted octanol–water partition coefficient (Wildman–Crippen LogP) is 4.59. The first-order valence-electron chi connectivity index (χ1n) is 9.93. The van der Waals surface area contributed by atoms with Gasteiger partial charge >= 0.3 is 0 Å². The number of sulfonamides is 1. The standard InChI is InChI=1S/C20H30N2O3S.2CH4/c23-20(17-10-5-2-1-3-6-11-17)21-16-18-12-9-15-22(18)26(24,25)19-13-7-4-8-14-19;;/h4,7-8,13-14,17-18H,1-3,5-6,9-12,15-16H2,(H,21,23);2*1H4. The Kier molecular flexibility index (Phi) is 10.2. The molecular formula is C22H38N2O3S. The summed E-state index contributed by atoms with van der Waals surface area (Å²) in [5, 5.41) is 3.05. The van der Waals surface area contributed by atoms with Gasteiger partial charge in [-0.2, -0.15) is 4.31 Å². The van der Waals surface area contributed by atoms with Crippen molar-refractivity contribution < 1.29 is 13.2 Å². The summed E-state index contributed by atoms with van der Waals surface area (Å²) >= 11 is 0. The number of rotatable bonds is 5. The molecule has 0 aromatic heterocycles. The van der Waals surface area contributed by atoms with E-state index in [0.29, 0.717) is 18.0 Å². The summed E-state index contributed by atoms with van der Waals surface area (Å²) in [6.45, 7) is 0.947. The highest BCUT2D eigenvalue weighted by Crippen LogP contribution is 2.26. The van der Waals surface area contributed by atoms with Crippen molar-refractivity contribution in [2.24, 2.45) is 5.92 Å². The molecule has 1 amide bonds. The van der Waals surface area contributed by atoms with Crippen LogP contribution in [-0.2, 0) is 14.8 Å². The summed E-state index contributed by atoms with van der Waals surface area (Å²) in [4.78, 5) is 12.9. The quantitative estimate of drug-likeness (QED) is 0.772. The molecule has 1 unspecified atom stereocenters. The van der Waals surface area contributed by atoms with Crippen molar-refractivity contribution in [1.82, 2.24) is 9.62 Å². The summed E-state index contributed by atoms with van der Waals surface area (Å²) in [7, 11) is -3.49. The molecular weight excluding hydrogens is 372 g/mol. The van der Waals surface area contributed by atoms with Crippen molar-refractivity contribution in [3.05, 3.63) is 30.3 Å². The molecule has 160 valence electrons. The van der Waals surface area contributed by atoms with Crippen LogP contribution in [0.5, 0.6) is 0 Å². The van der Waals surface area contributed by atoms with Crippen molar-refractivity contribution in [2.45, 2.75) is 83.6 Å². The molecule has 1 aliphatic carbocycles. The average Bonchev–Trinajstić information content (AvgIpc) is 3.09. The van der Waals surface area contributed by atoms with E-state index in [1.54, 1.807) is 28.6 Å². The number of nitrogens with zero attached hydrogens (tertiary/aromatic N) is 1. The molecule has 1 saturated heterocycles. The van der Waals surface area contributed by atoms with E-state index in [2.05, 4.69) is 5.32 Å². The number of hydrogen-bond acceptors (Lipinski definition) is 3. The maximum Gasteiger partial charge on any atom is 0.243 e. The second kappa shape index (κ2) is 11.6. The van der Waals surface area contributed by atoms with Crippen LogP contribution in [0.4, 0.5) is 0 Å². The van der Waals surface area contributed by atoms with Crippen molar-refractivity contribution in [3.63, 3.8) is 0 Å². The Morgan fingerprint density at radius 1 is 0.929 bits per heavy atom. The van der Waals surface area contributed by atoms with Gasteiger partial charge in [-0.15, -0.1) is 0 Å². The van der Waals surface area contributed by atoms with E-state index in [0.717, 1.165) is 38.5 Å². The molecule has 5 nitrogen and oxygen atoms in total. The Labute approximate surface area is 172 Å². The van der Waals surface area contributed by atoms with Crippen molar-refractivity contribution in [1.29, 1.82) is 0 Å². The third kappa shape index (κ3) is 6.05. The van der Waals surface area contributed by atoms with Gasteiger partial charge in [-0.1, -0.05) is 65.2 Å². The second-order valence-corrected chi connectivity index (χ2v) is 9.40. The Bertz CT molecular complexity index is 683. The molecule has 3 rings (SSSR count). The van der Waals surface area contributed by atoms with Crippen LogP contribution < -0.4 is 5.32 Å². The summed E-state index contributed by atoms with van der Waals surface area (Å²) < 4.78 is 27.3. The lowest BCUT2D eigenvalue weighted by atomic mass is 9.90. The minimum Gasteiger partial charge on any atom is -0.354 e. The molecule has 1 heterocycles. The summed E-state index contributed by atoms with van der Waals surface area (Å²) in [6.07, 6.45) is 9.53. The highest BCUT2D eigenvalue weighted by molar-refractivity contribution is 7.89. The zero-order valence-corrected chi connectivity index (χ0v) is 16.2. The maximum atomic E-state index is 12.9. The van der Waals surface area contributed by atoms with Gasteiger partial charge in [-0.25, -0.2) is 8.42 Å². The van der Waals surface area contributed by atoms with Crippen LogP contribution in [-0.4, -0.2) is 37.8 Å². The number of nitrogens with one attached hydrogen (secondary N) is 1. The van der Waals surface area contributed by atoms with E-state index >= 15 is 0 Å². The van der Waals surface area contributed by atoms with E-state index in [1.807, 2.05) is 6.07 Å². The van der Waals surface area contributed by atoms with E-state index in [4.69, 9.17) is 0 Å². The monoisotopic (exact) mass is 410 g/mol. The van der Waals surface area contributed by atoms with E-state index in [-0.39, 0.29) is 32.7 Å². The number of hydrogen-bond donors (Lipinski definition) is 1. The van der Waals surface area contributed by atoms with Gasteiger partial charge < -0.3 is 5.32 Å². The average molecular weight is 411 g/mol. The molecule has 1 N–H and O–H groups in total. The molecule has 1 aromatic carbocycles. The molecule has 2 aliphatic rings. The SMILES string of the molecule is C.C.O=C(NCC1CCCN1S(=O)(=O)c1ccccc1)C1CCCCCCC1. The first-order chi connectivity index (χ1) is 12.6. The fourth-order valence-electron chi connectivity index (χ4n) is 4.14. The van der Waals surface area contributed by atoms with Crippen molar-refractivity contribution >= 4 is 15.9 Å². The molecule has 0 bridgehead atoms. The molecule has 1 saturated carbocycles. The van der Waals surface area contributed by atoms with Gasteiger partial charge in [0.2, 0.25) is 15.9 Å². The van der Waals surface area contributed by atoms with Crippen LogP contribution in [0.3, 0.4) is 0 Å². The van der Waals surface area contributed by atoms with Gasteiger partial charge in [0, 0.05) is 25.0 Å². The maximum absolute atomic E-state index is 12.9. The van der Waals surface area contributed by atoms with Crippen LogP contribution in [0, 0.1) is 5.92 Å². The first-order valence-corrected chi connectivity index (χ1v) is 11.4. The Balaban J connectivity index is 0.00000196. The normalized spacial score (nSPS) is 21.6. The van der Waals surface area contributed by atoms with E-state index in [1.165, 1.54) is 19.3 Å². The number of benzene rings is 1. The van der Waals surface area contributed by atoms with Gasteiger partial charge in [0.15, 0.2) is 0 Å². The molecule has 2 fully saturated rings. The molecule has 0 spiro atoms. The number of amides is 1. The molecule has 28 heavy (non-hydrogen) atoms. The second-order valence-electron chi connectivity index (χ2n) is 7.51. The van der Waals surface area contributed by atoms with Gasteiger partial charge in [-0.3, -0.25) is 4.79 Å². The third-order valence-corrected chi connectivity index (χ3v) is 7.63. The van der Waals surface area contributed by atoms with Crippen LogP contribution in [0.1, 0.15) is 72.6 Å². The van der Waals surface area contributed by atoms with Gasteiger partial charge in [0.25, 0.3) is 0 Å². The summed E-state index contributed by atoms with van der Waals surface area (Å²) in [5.41, 5.74) is 0. The molecule has 6 heteroatoms. The minimum absolute atomic E-state index is 0. The molecule has 1 aliphatic heterocycles. The fourth-order valence-corrected chi connectivity index (χ4v) is 5.85. The molecule has 1 atom stereocenters. The smallest absolute Gasteiger partial charge is 0.243 e. The first kappa shape index (κ1) is 24.6. The van der Waals surface area contributed by atoms with Gasteiger partial charge in [0.05, 0.1) is 4.90 Å². The fraction of sp³-hybridized carbons (Fsp3) is 0.682. The van der Waals surface area contributed by atoms with Crippen LogP contribution in [0.2, 0.25) is 0 Å². The van der Waals surface area contributed by atoms with Crippen LogP contribution in [0.15, 0.2) is 35.2 Å². The molecule has 0 radical (unpaired) electrons. The molecule has 1 aromatic rings. The largest absolute Gasteiger partial charge is 0.354 e. The summed E-state index contributed by atoms with van der Waals surface area (Å²) in [6, 6.07) is 8.44. The van der Waals surface area contributed by atoms with E-state index in [9.17, 15) is 13.2 Å². The minimum atomic E-state index is -3.49. The highest BCUT2D eigenvalue weighted by atomic mass is 32.2. The predicted molar refractivity (Wildman–Crippen MR) is 116 cm³/mol. The van der Waals surface area contributed by atoms with Crippen LogP contribution in [0.25, 0.3) is 0 Å². The topological polar surface area (TPSA) is 66.5 Å². The summed E-state index contributed by atoms with van der Waals surface area (Å²) in [5.74, 6) is 0.201. The zero-order valence-electron chi connectivity index (χ0n) is 15.4. The zero-order chi connectivity index (χ0) is 18.4. The van der Waals surface area contributed by atoms with Crippen molar-refractivity contribution in [2.75, 3.05) is 13.1 Å². The van der Waals surface area contributed by atoms with Crippen LogP contribution >= 0.6 is 0 Å². The lowest BCUT2D eigenvalue weighted by molar-refractivity contribution is -0.125. The van der Waals surface area contributed by atoms with E-state index < -0.39 is 10.0 Å². The Morgan fingerprint density at radius 3 is 2.18 bits per heavy atom. The lowest BCUT2D eigenvalue weighted by Gasteiger charge is -2.26. The number of carbonyl (C=O) groups is 1. The number of carbonyl (C=O) groups excluding carboxylic acids is 1. The Morgan fingerprint density at radius 2 is 1.54 bits per heavy atom. The Hall–Kier alpha value is -1.40. The third-order valence-electron chi connectivity index (χ3n) is 5.66.